The van der Waals surface area contributed by atoms with E-state index in [4.69, 9.17) is 0 Å². The number of thiophene rings is 1. The fourth-order valence-corrected chi connectivity index (χ4v) is 3.55. The molecule has 1 aromatic heterocycles. The molecule has 1 saturated heterocycles. The van der Waals surface area contributed by atoms with E-state index < -0.39 is 0 Å². The van der Waals surface area contributed by atoms with E-state index in [0.29, 0.717) is 0 Å². The number of nitrogens with one attached hydrogen (secondary N) is 1. The van der Waals surface area contributed by atoms with Gasteiger partial charge in [-0.2, -0.15) is 0 Å². The van der Waals surface area contributed by atoms with Gasteiger partial charge in [0.2, 0.25) is 0 Å². The van der Waals surface area contributed by atoms with Crippen LogP contribution in [0.3, 0.4) is 0 Å². The summed E-state index contributed by atoms with van der Waals surface area (Å²) in [6.45, 7) is 3.04. The van der Waals surface area contributed by atoms with Gasteiger partial charge in [-0.15, -0.1) is 11.3 Å². The van der Waals surface area contributed by atoms with E-state index in [-0.39, 0.29) is 12.1 Å². The smallest absolute Gasteiger partial charge is 0.0614 e. The average Bonchev–Trinajstić information content (AvgIpc) is 3.08. The topological polar surface area (TPSA) is 35.5 Å². The number of hydrogen-bond donors (Lipinski definition) is 2. The number of aliphatic hydroxyl groups is 1. The van der Waals surface area contributed by atoms with Crippen LogP contribution in [0.5, 0.6) is 0 Å². The number of benzene rings is 1. The summed E-state index contributed by atoms with van der Waals surface area (Å²) in [7, 11) is 0. The molecule has 0 bridgehead atoms. The van der Waals surface area contributed by atoms with Crippen molar-refractivity contribution in [3.8, 4) is 0 Å². The Morgan fingerprint density at radius 2 is 1.86 bits per heavy atom. The Kier molecular flexibility index (Phi) is 4.58. The summed E-state index contributed by atoms with van der Waals surface area (Å²) >= 11 is 1.76. The Balaban J connectivity index is 1.59. The van der Waals surface area contributed by atoms with Crippen LogP contribution in [-0.4, -0.2) is 30.3 Å². The van der Waals surface area contributed by atoms with Gasteiger partial charge in [0.1, 0.15) is 0 Å². The fourth-order valence-electron chi connectivity index (χ4n) is 2.91. The molecule has 3 rings (SSSR count). The van der Waals surface area contributed by atoms with E-state index >= 15 is 0 Å². The summed E-state index contributed by atoms with van der Waals surface area (Å²) < 4.78 is 0. The molecule has 3 nitrogen and oxygen atoms in total. The first-order valence-corrected chi connectivity index (χ1v) is 8.38. The van der Waals surface area contributed by atoms with Crippen LogP contribution in [0.4, 0.5) is 5.69 Å². The zero-order valence-corrected chi connectivity index (χ0v) is 13.0. The number of para-hydroxylation sites is 1. The third-order valence-electron chi connectivity index (χ3n) is 4.36. The first kappa shape index (κ1) is 14.6. The molecule has 0 aliphatic carbocycles. The molecule has 0 atom stereocenters. The second kappa shape index (κ2) is 6.60. The van der Waals surface area contributed by atoms with E-state index in [1.54, 1.807) is 11.3 Å². The SMILES string of the molecule is OCC1(NCc2cccs2)CCN(c2ccccc2)CC1. The van der Waals surface area contributed by atoms with Gasteiger partial charge in [-0.1, -0.05) is 24.3 Å². The van der Waals surface area contributed by atoms with Gasteiger partial charge in [0.05, 0.1) is 6.61 Å². The van der Waals surface area contributed by atoms with Gasteiger partial charge in [-0.05, 0) is 36.4 Å². The van der Waals surface area contributed by atoms with E-state index in [9.17, 15) is 5.11 Å². The summed E-state index contributed by atoms with van der Waals surface area (Å²) in [4.78, 5) is 3.73. The molecule has 0 saturated carbocycles. The second-order valence-electron chi connectivity index (χ2n) is 5.69. The summed E-state index contributed by atoms with van der Waals surface area (Å²) in [5, 5.41) is 15.5. The molecule has 4 heteroatoms. The largest absolute Gasteiger partial charge is 0.394 e. The predicted octanol–water partition coefficient (Wildman–Crippen LogP) is 2.87. The number of hydrogen-bond acceptors (Lipinski definition) is 4. The van der Waals surface area contributed by atoms with Crippen molar-refractivity contribution in [3.05, 3.63) is 52.7 Å². The van der Waals surface area contributed by atoms with Crippen molar-refractivity contribution < 1.29 is 5.11 Å². The molecular formula is C17H22N2OS. The lowest BCUT2D eigenvalue weighted by molar-refractivity contribution is 0.133. The number of nitrogens with zero attached hydrogens (tertiary/aromatic N) is 1. The van der Waals surface area contributed by atoms with Gasteiger partial charge in [0, 0.05) is 35.7 Å². The third kappa shape index (κ3) is 3.46. The van der Waals surface area contributed by atoms with Crippen LogP contribution in [-0.2, 0) is 6.54 Å². The highest BCUT2D eigenvalue weighted by molar-refractivity contribution is 7.09. The third-order valence-corrected chi connectivity index (χ3v) is 5.24. The Bertz CT molecular complexity index is 533. The lowest BCUT2D eigenvalue weighted by atomic mass is 9.88. The average molecular weight is 302 g/mol. The molecule has 1 aliphatic rings. The highest BCUT2D eigenvalue weighted by atomic mass is 32.1. The number of anilines is 1. The molecule has 0 radical (unpaired) electrons. The fraction of sp³-hybridized carbons (Fsp3) is 0.412. The lowest BCUT2D eigenvalue weighted by Gasteiger charge is -2.42. The van der Waals surface area contributed by atoms with Gasteiger partial charge >= 0.3 is 0 Å². The molecule has 2 N–H and O–H groups in total. The molecule has 0 spiro atoms. The molecule has 1 aromatic carbocycles. The predicted molar refractivity (Wildman–Crippen MR) is 88.9 cm³/mol. The molecule has 21 heavy (non-hydrogen) atoms. The zero-order chi connectivity index (χ0) is 14.5. The van der Waals surface area contributed by atoms with Crippen molar-refractivity contribution in [1.29, 1.82) is 0 Å². The van der Waals surface area contributed by atoms with Crippen LogP contribution >= 0.6 is 11.3 Å². The van der Waals surface area contributed by atoms with Crippen LogP contribution in [0.25, 0.3) is 0 Å². The molecule has 1 fully saturated rings. The summed E-state index contributed by atoms with van der Waals surface area (Å²) in [5.74, 6) is 0. The van der Waals surface area contributed by atoms with Gasteiger partial charge in [-0.3, -0.25) is 0 Å². The summed E-state index contributed by atoms with van der Waals surface area (Å²) in [6.07, 6.45) is 1.95. The van der Waals surface area contributed by atoms with Gasteiger partial charge in [0.15, 0.2) is 0 Å². The first-order valence-electron chi connectivity index (χ1n) is 7.50. The molecule has 112 valence electrons. The molecule has 1 aliphatic heterocycles. The van der Waals surface area contributed by atoms with Crippen molar-refractivity contribution in [1.82, 2.24) is 5.32 Å². The minimum atomic E-state index is -0.130. The van der Waals surface area contributed by atoms with Crippen LogP contribution in [0.1, 0.15) is 17.7 Å². The molecule has 0 amide bonds. The summed E-state index contributed by atoms with van der Waals surface area (Å²) in [5.41, 5.74) is 1.15. The Morgan fingerprint density at radius 1 is 1.10 bits per heavy atom. The molecule has 0 unspecified atom stereocenters. The van der Waals surface area contributed by atoms with Crippen LogP contribution < -0.4 is 10.2 Å². The van der Waals surface area contributed by atoms with Crippen molar-refractivity contribution in [2.24, 2.45) is 0 Å². The minimum absolute atomic E-state index is 0.130. The number of aliphatic hydroxyl groups excluding tert-OH is 1. The maximum absolute atomic E-state index is 9.85. The van der Waals surface area contributed by atoms with Gasteiger partial charge in [-0.25, -0.2) is 0 Å². The standard InChI is InChI=1S/C17H22N2OS/c20-14-17(18-13-16-7-4-12-21-16)8-10-19(11-9-17)15-5-2-1-3-6-15/h1-7,12,18,20H,8-11,13-14H2. The van der Waals surface area contributed by atoms with E-state index in [2.05, 4.69) is 52.0 Å². The van der Waals surface area contributed by atoms with E-state index in [1.165, 1.54) is 10.6 Å². The number of piperidine rings is 1. The van der Waals surface area contributed by atoms with Crippen LogP contribution in [0.2, 0.25) is 0 Å². The number of rotatable bonds is 5. The van der Waals surface area contributed by atoms with E-state index in [0.717, 1.165) is 32.5 Å². The highest BCUT2D eigenvalue weighted by Crippen LogP contribution is 2.26. The monoisotopic (exact) mass is 302 g/mol. The van der Waals surface area contributed by atoms with Crippen molar-refractivity contribution in [2.75, 3.05) is 24.6 Å². The Morgan fingerprint density at radius 3 is 2.48 bits per heavy atom. The quantitative estimate of drug-likeness (QED) is 0.891. The Labute approximate surface area is 130 Å². The van der Waals surface area contributed by atoms with Gasteiger partial charge < -0.3 is 15.3 Å². The Hall–Kier alpha value is -1.36. The molecule has 2 aromatic rings. The highest BCUT2D eigenvalue weighted by Gasteiger charge is 2.33. The second-order valence-corrected chi connectivity index (χ2v) is 6.73. The zero-order valence-electron chi connectivity index (χ0n) is 12.2. The lowest BCUT2D eigenvalue weighted by Crippen LogP contribution is -2.55. The van der Waals surface area contributed by atoms with Crippen molar-refractivity contribution >= 4 is 17.0 Å². The van der Waals surface area contributed by atoms with Crippen molar-refractivity contribution in [3.63, 3.8) is 0 Å². The van der Waals surface area contributed by atoms with Crippen LogP contribution in [0.15, 0.2) is 47.8 Å². The summed E-state index contributed by atoms with van der Waals surface area (Å²) in [6, 6.07) is 14.7. The molecular weight excluding hydrogens is 280 g/mol. The van der Waals surface area contributed by atoms with Crippen molar-refractivity contribution in [2.45, 2.75) is 24.9 Å². The maximum atomic E-state index is 9.85. The first-order chi connectivity index (χ1) is 10.3. The minimum Gasteiger partial charge on any atom is -0.394 e. The maximum Gasteiger partial charge on any atom is 0.0614 e. The van der Waals surface area contributed by atoms with Crippen LogP contribution in [0, 0.1) is 0 Å². The van der Waals surface area contributed by atoms with E-state index in [1.807, 2.05) is 6.07 Å². The molecule has 2 heterocycles. The normalized spacial score (nSPS) is 17.9. The van der Waals surface area contributed by atoms with Gasteiger partial charge in [0.25, 0.3) is 0 Å².